The summed E-state index contributed by atoms with van der Waals surface area (Å²) < 4.78 is 5.37. The molecule has 8 nitrogen and oxygen atoms in total. The number of carbonyl (C=O) groups is 3. The third-order valence-corrected chi connectivity index (χ3v) is 10.2. The minimum atomic E-state index is -0.534. The quantitative estimate of drug-likeness (QED) is 0.125. The summed E-state index contributed by atoms with van der Waals surface area (Å²) in [7, 11) is 0. The van der Waals surface area contributed by atoms with Gasteiger partial charge in [0.05, 0.1) is 17.1 Å². The highest BCUT2D eigenvalue weighted by Gasteiger charge is 2.32. The Bertz CT molecular complexity index is 1800. The van der Waals surface area contributed by atoms with E-state index in [1.165, 1.54) is 40.3 Å². The first kappa shape index (κ1) is 32.8. The Morgan fingerprint density at radius 2 is 1.85 bits per heavy atom. The van der Waals surface area contributed by atoms with E-state index in [9.17, 15) is 19.6 Å². The molecule has 0 saturated carbocycles. The number of furan rings is 1. The van der Waals surface area contributed by atoms with Crippen LogP contribution in [0.15, 0.2) is 88.0 Å². The lowest BCUT2D eigenvalue weighted by atomic mass is 9.72. The van der Waals surface area contributed by atoms with E-state index >= 15 is 0 Å². The monoisotopic (exact) mass is 652 g/mol. The Balaban J connectivity index is 1.25. The molecule has 2 atom stereocenters. The van der Waals surface area contributed by atoms with Gasteiger partial charge in [-0.3, -0.25) is 14.4 Å². The van der Waals surface area contributed by atoms with E-state index in [4.69, 9.17) is 4.42 Å². The number of carbonyl (C=O) groups excluding carboxylic acids is 3. The first-order chi connectivity index (χ1) is 22.0. The number of thiophene rings is 1. The van der Waals surface area contributed by atoms with Crippen LogP contribution in [0, 0.1) is 22.7 Å². The summed E-state index contributed by atoms with van der Waals surface area (Å²) >= 11 is 2.86. The summed E-state index contributed by atoms with van der Waals surface area (Å²) in [5, 5.41) is 18.6. The molecule has 2 aromatic heterocycles. The van der Waals surface area contributed by atoms with Crippen molar-refractivity contribution in [2.75, 3.05) is 10.6 Å². The zero-order chi connectivity index (χ0) is 32.8. The van der Waals surface area contributed by atoms with Crippen molar-refractivity contribution < 1.29 is 18.8 Å². The SMILES string of the molecule is CC(Sc1cccc(NC(=O)/C(=C/c2ccco2)NC(=O)c2ccccc2)c1)C(=O)Nc1sc2c(c1C#N)CCC(C(C)(C)C)C2. The molecule has 0 radical (unpaired) electrons. The molecule has 3 N–H and O–H groups in total. The van der Waals surface area contributed by atoms with E-state index in [1.807, 2.05) is 13.0 Å². The number of benzene rings is 2. The number of hydrogen-bond acceptors (Lipinski definition) is 7. The molecular weight excluding hydrogens is 617 g/mol. The Labute approximate surface area is 277 Å². The van der Waals surface area contributed by atoms with Gasteiger partial charge in [-0.1, -0.05) is 45.0 Å². The first-order valence-corrected chi connectivity index (χ1v) is 16.8. The van der Waals surface area contributed by atoms with E-state index in [1.54, 1.807) is 60.7 Å². The number of nitriles is 1. The van der Waals surface area contributed by atoms with E-state index in [0.717, 1.165) is 29.7 Å². The molecule has 0 fully saturated rings. The van der Waals surface area contributed by atoms with Crippen molar-refractivity contribution in [1.82, 2.24) is 5.32 Å². The summed E-state index contributed by atoms with van der Waals surface area (Å²) in [4.78, 5) is 41.4. The number of nitrogens with one attached hydrogen (secondary N) is 3. The fraction of sp³-hybridized carbons (Fsp3) is 0.278. The minimum absolute atomic E-state index is 0.00960. The second kappa shape index (κ2) is 14.2. The zero-order valence-corrected chi connectivity index (χ0v) is 27.8. The van der Waals surface area contributed by atoms with Gasteiger partial charge in [0.25, 0.3) is 11.8 Å². The highest BCUT2D eigenvalue weighted by atomic mass is 32.2. The highest BCUT2D eigenvalue weighted by molar-refractivity contribution is 8.00. The molecule has 10 heteroatoms. The van der Waals surface area contributed by atoms with Crippen molar-refractivity contribution >= 4 is 57.6 Å². The fourth-order valence-electron chi connectivity index (χ4n) is 5.31. The van der Waals surface area contributed by atoms with Gasteiger partial charge in [0.2, 0.25) is 5.91 Å². The Morgan fingerprint density at radius 1 is 1.07 bits per heavy atom. The summed E-state index contributed by atoms with van der Waals surface area (Å²) in [6.45, 7) is 8.57. The molecule has 46 heavy (non-hydrogen) atoms. The third kappa shape index (κ3) is 7.97. The van der Waals surface area contributed by atoms with Crippen LogP contribution in [-0.2, 0) is 22.4 Å². The standard InChI is InChI=1S/C36H36N4O4S2/c1-22(32(41)40-35-29(21-37)28-16-15-24(36(2,3)4)18-31(28)46-35)45-27-14-8-12-25(19-27)38-34(43)30(20-26-13-9-17-44-26)39-33(42)23-10-6-5-7-11-23/h5-14,17,19-20,22,24H,15-16,18H2,1-4H3,(H,38,43)(H,39,42)(H,40,41)/b30-20-. The molecule has 1 aliphatic rings. The summed E-state index contributed by atoms with van der Waals surface area (Å²) in [6, 6.07) is 21.5. The maximum Gasteiger partial charge on any atom is 0.272 e. The second-order valence-electron chi connectivity index (χ2n) is 12.3. The zero-order valence-electron chi connectivity index (χ0n) is 26.2. The van der Waals surface area contributed by atoms with Crippen LogP contribution in [0.2, 0.25) is 0 Å². The fourth-order valence-corrected chi connectivity index (χ4v) is 7.51. The molecular formula is C36H36N4O4S2. The van der Waals surface area contributed by atoms with Gasteiger partial charge in [-0.25, -0.2) is 0 Å². The first-order valence-electron chi connectivity index (χ1n) is 15.1. The van der Waals surface area contributed by atoms with E-state index in [-0.39, 0.29) is 17.0 Å². The average molecular weight is 653 g/mol. The van der Waals surface area contributed by atoms with Crippen molar-refractivity contribution in [1.29, 1.82) is 5.26 Å². The van der Waals surface area contributed by atoms with Crippen molar-refractivity contribution in [2.24, 2.45) is 11.3 Å². The lowest BCUT2D eigenvalue weighted by Gasteiger charge is -2.33. The van der Waals surface area contributed by atoms with Crippen LogP contribution < -0.4 is 16.0 Å². The summed E-state index contributed by atoms with van der Waals surface area (Å²) in [5.74, 6) is -0.226. The highest BCUT2D eigenvalue weighted by Crippen LogP contribution is 2.44. The molecule has 3 amide bonds. The van der Waals surface area contributed by atoms with Gasteiger partial charge in [0.1, 0.15) is 22.5 Å². The molecule has 2 unspecified atom stereocenters. The van der Waals surface area contributed by atoms with Gasteiger partial charge in [-0.15, -0.1) is 23.1 Å². The van der Waals surface area contributed by atoms with Gasteiger partial charge in [0, 0.05) is 27.1 Å². The predicted octanol–water partition coefficient (Wildman–Crippen LogP) is 7.89. The molecule has 2 aromatic carbocycles. The van der Waals surface area contributed by atoms with Crippen molar-refractivity contribution in [3.05, 3.63) is 106 Å². The Kier molecular flexibility index (Phi) is 10.1. The molecule has 5 rings (SSSR count). The maximum absolute atomic E-state index is 13.3. The Hall–Kier alpha value is -4.59. The second-order valence-corrected chi connectivity index (χ2v) is 14.8. The smallest absolute Gasteiger partial charge is 0.272 e. The lowest BCUT2D eigenvalue weighted by molar-refractivity contribution is -0.115. The summed E-state index contributed by atoms with van der Waals surface area (Å²) in [6.07, 6.45) is 5.75. The maximum atomic E-state index is 13.3. The van der Waals surface area contributed by atoms with E-state index in [0.29, 0.717) is 33.5 Å². The third-order valence-electron chi connectivity index (χ3n) is 7.97. The largest absolute Gasteiger partial charge is 0.465 e. The minimum Gasteiger partial charge on any atom is -0.465 e. The van der Waals surface area contributed by atoms with Crippen LogP contribution in [-0.4, -0.2) is 23.0 Å². The topological polar surface area (TPSA) is 124 Å². The average Bonchev–Trinajstić information content (AvgIpc) is 3.67. The number of rotatable bonds is 9. The molecule has 2 heterocycles. The van der Waals surface area contributed by atoms with Crippen LogP contribution in [0.1, 0.15) is 66.2 Å². The number of hydrogen-bond donors (Lipinski definition) is 3. The molecule has 4 aromatic rings. The van der Waals surface area contributed by atoms with Gasteiger partial charge in [0.15, 0.2) is 0 Å². The van der Waals surface area contributed by atoms with Gasteiger partial charge in [-0.2, -0.15) is 5.26 Å². The molecule has 0 aliphatic heterocycles. The van der Waals surface area contributed by atoms with Crippen LogP contribution in [0.3, 0.4) is 0 Å². The lowest BCUT2D eigenvalue weighted by Crippen LogP contribution is -2.30. The van der Waals surface area contributed by atoms with Crippen molar-refractivity contribution in [3.63, 3.8) is 0 Å². The number of anilines is 2. The van der Waals surface area contributed by atoms with Crippen LogP contribution in [0.25, 0.3) is 6.08 Å². The summed E-state index contributed by atoms with van der Waals surface area (Å²) in [5.41, 5.74) is 2.76. The van der Waals surface area contributed by atoms with Gasteiger partial charge < -0.3 is 20.4 Å². The number of thioether (sulfide) groups is 1. The number of fused-ring (bicyclic) bond motifs is 1. The van der Waals surface area contributed by atoms with Crippen LogP contribution >= 0.6 is 23.1 Å². The van der Waals surface area contributed by atoms with Crippen molar-refractivity contribution in [3.8, 4) is 6.07 Å². The number of nitrogens with zero attached hydrogens (tertiary/aromatic N) is 1. The molecule has 0 saturated heterocycles. The van der Waals surface area contributed by atoms with Gasteiger partial charge in [-0.05, 0) is 85.5 Å². The predicted molar refractivity (Wildman–Crippen MR) is 184 cm³/mol. The molecule has 0 spiro atoms. The van der Waals surface area contributed by atoms with Crippen LogP contribution in [0.4, 0.5) is 10.7 Å². The molecule has 236 valence electrons. The van der Waals surface area contributed by atoms with Crippen LogP contribution in [0.5, 0.6) is 0 Å². The molecule has 1 aliphatic carbocycles. The van der Waals surface area contributed by atoms with Gasteiger partial charge >= 0.3 is 0 Å². The van der Waals surface area contributed by atoms with Crippen molar-refractivity contribution in [2.45, 2.75) is 57.1 Å². The molecule has 0 bridgehead atoms. The van der Waals surface area contributed by atoms with E-state index in [2.05, 4.69) is 42.8 Å². The Morgan fingerprint density at radius 3 is 2.54 bits per heavy atom. The normalized spacial score (nSPS) is 15.3. The number of amides is 3. The van der Waals surface area contributed by atoms with E-state index < -0.39 is 17.1 Å².